The van der Waals surface area contributed by atoms with Crippen LogP contribution in [0.4, 0.5) is 4.39 Å². The lowest BCUT2D eigenvalue weighted by atomic mass is 9.82. The predicted molar refractivity (Wildman–Crippen MR) is 70.0 cm³/mol. The number of halogens is 1. The van der Waals surface area contributed by atoms with Crippen LogP contribution < -0.4 is 4.74 Å². The number of aromatic carboxylic acids is 1. The lowest BCUT2D eigenvalue weighted by Gasteiger charge is -2.32. The first kappa shape index (κ1) is 13.8. The molecule has 1 fully saturated rings. The second kappa shape index (κ2) is 5.59. The van der Waals surface area contributed by atoms with Gasteiger partial charge in [-0.15, -0.1) is 0 Å². The Labute approximate surface area is 112 Å². The molecule has 1 saturated carbocycles. The quantitative estimate of drug-likeness (QED) is 0.906. The van der Waals surface area contributed by atoms with Crippen LogP contribution in [0, 0.1) is 17.7 Å². The topological polar surface area (TPSA) is 46.5 Å². The molecule has 1 aliphatic carbocycles. The fourth-order valence-corrected chi connectivity index (χ4v) is 2.96. The van der Waals surface area contributed by atoms with Gasteiger partial charge in [-0.1, -0.05) is 19.9 Å². The van der Waals surface area contributed by atoms with E-state index in [4.69, 9.17) is 9.84 Å². The maximum absolute atomic E-state index is 13.5. The average Bonchev–Trinajstić information content (AvgIpc) is 2.26. The second-order valence-corrected chi connectivity index (χ2v) is 5.58. The van der Waals surface area contributed by atoms with Gasteiger partial charge >= 0.3 is 5.97 Å². The molecule has 3 nitrogen and oxygen atoms in total. The summed E-state index contributed by atoms with van der Waals surface area (Å²) < 4.78 is 19.3. The minimum atomic E-state index is -1.29. The molecule has 4 heteroatoms. The van der Waals surface area contributed by atoms with Crippen LogP contribution in [0.2, 0.25) is 0 Å². The van der Waals surface area contributed by atoms with Gasteiger partial charge in [0.25, 0.3) is 0 Å². The van der Waals surface area contributed by atoms with E-state index in [2.05, 4.69) is 13.8 Å². The van der Waals surface area contributed by atoms with Gasteiger partial charge in [0.15, 0.2) is 0 Å². The Hall–Kier alpha value is -1.58. The van der Waals surface area contributed by atoms with Crippen molar-refractivity contribution in [3.8, 4) is 5.75 Å². The van der Waals surface area contributed by atoms with Gasteiger partial charge in [-0.2, -0.15) is 0 Å². The van der Waals surface area contributed by atoms with Crippen LogP contribution >= 0.6 is 0 Å². The number of ether oxygens (including phenoxy) is 1. The van der Waals surface area contributed by atoms with E-state index >= 15 is 0 Å². The van der Waals surface area contributed by atoms with E-state index in [0.29, 0.717) is 11.8 Å². The summed E-state index contributed by atoms with van der Waals surface area (Å²) in [4.78, 5) is 11.1. The van der Waals surface area contributed by atoms with Gasteiger partial charge in [0, 0.05) is 0 Å². The van der Waals surface area contributed by atoms with E-state index < -0.39 is 11.8 Å². The molecule has 0 bridgehead atoms. The van der Waals surface area contributed by atoms with Crippen molar-refractivity contribution in [3.05, 3.63) is 29.6 Å². The summed E-state index contributed by atoms with van der Waals surface area (Å²) in [6.07, 6.45) is 2.91. The van der Waals surface area contributed by atoms with E-state index in [1.807, 2.05) is 0 Å². The van der Waals surface area contributed by atoms with E-state index in [9.17, 15) is 9.18 Å². The zero-order valence-electron chi connectivity index (χ0n) is 11.2. The molecule has 1 aromatic carbocycles. The van der Waals surface area contributed by atoms with E-state index in [-0.39, 0.29) is 17.4 Å². The van der Waals surface area contributed by atoms with Crippen molar-refractivity contribution < 1.29 is 19.0 Å². The smallest absolute Gasteiger partial charge is 0.342 e. The number of rotatable bonds is 3. The van der Waals surface area contributed by atoms with Crippen LogP contribution in [0.1, 0.15) is 43.5 Å². The fourth-order valence-electron chi connectivity index (χ4n) is 2.96. The van der Waals surface area contributed by atoms with Gasteiger partial charge in [0.1, 0.15) is 17.1 Å². The molecule has 0 radical (unpaired) electrons. The highest BCUT2D eigenvalue weighted by Gasteiger charge is 2.27. The van der Waals surface area contributed by atoms with Crippen molar-refractivity contribution in [2.45, 2.75) is 39.2 Å². The van der Waals surface area contributed by atoms with Gasteiger partial charge in [0.2, 0.25) is 0 Å². The Morgan fingerprint density at radius 2 is 1.89 bits per heavy atom. The molecule has 0 saturated heterocycles. The molecule has 0 heterocycles. The molecule has 0 amide bonds. The maximum Gasteiger partial charge on any atom is 0.342 e. The molecular formula is C15H19FO3. The highest BCUT2D eigenvalue weighted by atomic mass is 19.1. The van der Waals surface area contributed by atoms with Crippen LogP contribution in [0.25, 0.3) is 0 Å². The van der Waals surface area contributed by atoms with Crippen LogP contribution in [-0.4, -0.2) is 17.2 Å². The third kappa shape index (κ3) is 3.25. The third-order valence-electron chi connectivity index (χ3n) is 3.62. The summed E-state index contributed by atoms with van der Waals surface area (Å²) in [7, 11) is 0. The Kier molecular flexibility index (Phi) is 4.08. The van der Waals surface area contributed by atoms with Crippen molar-refractivity contribution in [1.82, 2.24) is 0 Å². The van der Waals surface area contributed by atoms with Gasteiger partial charge < -0.3 is 9.84 Å². The highest BCUT2D eigenvalue weighted by molar-refractivity contribution is 5.91. The van der Waals surface area contributed by atoms with Crippen molar-refractivity contribution in [2.24, 2.45) is 11.8 Å². The first-order chi connectivity index (χ1) is 8.97. The number of carboxylic acids is 1. The Morgan fingerprint density at radius 3 is 2.47 bits per heavy atom. The zero-order chi connectivity index (χ0) is 14.0. The maximum atomic E-state index is 13.5. The standard InChI is InChI=1S/C15H19FO3/c1-9-6-10(2)8-11(7-9)19-13-5-3-4-12(16)14(13)15(17)18/h3-5,9-11H,6-8H2,1-2H3,(H,17,18). The molecule has 1 aromatic rings. The molecular weight excluding hydrogens is 247 g/mol. The van der Waals surface area contributed by atoms with Gasteiger partial charge in [-0.05, 0) is 43.2 Å². The number of benzene rings is 1. The van der Waals surface area contributed by atoms with Crippen molar-refractivity contribution in [3.63, 3.8) is 0 Å². The first-order valence-electron chi connectivity index (χ1n) is 6.65. The SMILES string of the molecule is CC1CC(C)CC(Oc2cccc(F)c2C(=O)O)C1. The normalized spacial score (nSPS) is 27.0. The molecule has 1 aliphatic rings. The van der Waals surface area contributed by atoms with Gasteiger partial charge in [0.05, 0.1) is 6.10 Å². The van der Waals surface area contributed by atoms with Crippen LogP contribution in [0.15, 0.2) is 18.2 Å². The Balaban J connectivity index is 2.19. The summed E-state index contributed by atoms with van der Waals surface area (Å²) in [5.41, 5.74) is -0.367. The molecule has 19 heavy (non-hydrogen) atoms. The number of carbonyl (C=O) groups is 1. The second-order valence-electron chi connectivity index (χ2n) is 5.58. The monoisotopic (exact) mass is 266 g/mol. The van der Waals surface area contributed by atoms with E-state index in [1.165, 1.54) is 12.1 Å². The summed E-state index contributed by atoms with van der Waals surface area (Å²) in [5.74, 6) is -0.795. The summed E-state index contributed by atoms with van der Waals surface area (Å²) in [5, 5.41) is 9.06. The molecule has 0 aromatic heterocycles. The Bertz CT molecular complexity index is 462. The van der Waals surface area contributed by atoms with E-state index in [1.54, 1.807) is 0 Å². The summed E-state index contributed by atoms with van der Waals surface area (Å²) >= 11 is 0. The molecule has 104 valence electrons. The molecule has 0 aliphatic heterocycles. The van der Waals surface area contributed by atoms with E-state index in [0.717, 1.165) is 25.3 Å². The lowest BCUT2D eigenvalue weighted by molar-refractivity contribution is 0.0669. The van der Waals surface area contributed by atoms with Crippen LogP contribution in [0.5, 0.6) is 5.75 Å². The van der Waals surface area contributed by atoms with Crippen LogP contribution in [0.3, 0.4) is 0 Å². The van der Waals surface area contributed by atoms with Crippen molar-refractivity contribution in [2.75, 3.05) is 0 Å². The predicted octanol–water partition coefficient (Wildman–Crippen LogP) is 3.73. The lowest BCUT2D eigenvalue weighted by Crippen LogP contribution is -2.29. The number of hydrogen-bond donors (Lipinski definition) is 1. The van der Waals surface area contributed by atoms with Crippen molar-refractivity contribution >= 4 is 5.97 Å². The van der Waals surface area contributed by atoms with Crippen molar-refractivity contribution in [1.29, 1.82) is 0 Å². The Morgan fingerprint density at radius 1 is 1.26 bits per heavy atom. The minimum absolute atomic E-state index is 0.0290. The molecule has 2 rings (SSSR count). The van der Waals surface area contributed by atoms with Crippen LogP contribution in [-0.2, 0) is 0 Å². The number of hydrogen-bond acceptors (Lipinski definition) is 2. The zero-order valence-corrected chi connectivity index (χ0v) is 11.2. The average molecular weight is 266 g/mol. The minimum Gasteiger partial charge on any atom is -0.489 e. The third-order valence-corrected chi connectivity index (χ3v) is 3.62. The number of carboxylic acid groups (broad SMARTS) is 1. The molecule has 0 spiro atoms. The van der Waals surface area contributed by atoms with Gasteiger partial charge in [-0.3, -0.25) is 0 Å². The van der Waals surface area contributed by atoms with Gasteiger partial charge in [-0.25, -0.2) is 9.18 Å². The first-order valence-corrected chi connectivity index (χ1v) is 6.65. The molecule has 2 unspecified atom stereocenters. The fraction of sp³-hybridized carbons (Fsp3) is 0.533. The summed E-state index contributed by atoms with van der Waals surface area (Å²) in [6, 6.07) is 4.14. The summed E-state index contributed by atoms with van der Waals surface area (Å²) in [6.45, 7) is 4.32. The highest BCUT2D eigenvalue weighted by Crippen LogP contribution is 2.32. The largest absolute Gasteiger partial charge is 0.489 e. The molecule has 1 N–H and O–H groups in total. The molecule has 2 atom stereocenters.